The molecule has 1 aromatic carbocycles. The van der Waals surface area contributed by atoms with Crippen molar-refractivity contribution in [3.63, 3.8) is 0 Å². The molecule has 0 bridgehead atoms. The molecule has 1 aliphatic rings. The van der Waals surface area contributed by atoms with Crippen LogP contribution < -0.4 is 10.6 Å². The number of nitrogens with zero attached hydrogens (tertiary/aromatic N) is 1. The fourth-order valence-corrected chi connectivity index (χ4v) is 2.98. The fraction of sp³-hybridized carbons (Fsp3) is 0.368. The standard InChI is InChI=1S/C19H23N3O/c1-14-9-11-16(12-10-14)22-19(23)17-8-5-13-20-18(17)21-15-6-3-2-4-7-15/h5,8-13,15H,2-4,6-7H2,1H3,(H,20,21)(H,22,23). The number of benzene rings is 1. The Kier molecular flexibility index (Phi) is 4.91. The summed E-state index contributed by atoms with van der Waals surface area (Å²) >= 11 is 0. The highest BCUT2D eigenvalue weighted by Gasteiger charge is 2.18. The highest BCUT2D eigenvalue weighted by Crippen LogP contribution is 2.23. The van der Waals surface area contributed by atoms with Crippen LogP contribution in [0.1, 0.15) is 48.0 Å². The Balaban J connectivity index is 1.73. The predicted molar refractivity (Wildman–Crippen MR) is 93.9 cm³/mol. The van der Waals surface area contributed by atoms with Gasteiger partial charge in [0.15, 0.2) is 0 Å². The van der Waals surface area contributed by atoms with Crippen LogP contribution in [0.3, 0.4) is 0 Å². The maximum atomic E-state index is 12.6. The van der Waals surface area contributed by atoms with Gasteiger partial charge in [0.1, 0.15) is 5.82 Å². The number of carbonyl (C=O) groups excluding carboxylic acids is 1. The molecule has 1 saturated carbocycles. The molecule has 1 fully saturated rings. The number of pyridine rings is 1. The van der Waals surface area contributed by atoms with Gasteiger partial charge in [-0.25, -0.2) is 4.98 Å². The van der Waals surface area contributed by atoms with E-state index in [0.29, 0.717) is 17.4 Å². The third-order valence-electron chi connectivity index (χ3n) is 4.31. The minimum absolute atomic E-state index is 0.125. The number of hydrogen-bond acceptors (Lipinski definition) is 3. The summed E-state index contributed by atoms with van der Waals surface area (Å²) in [4.78, 5) is 16.9. The van der Waals surface area contributed by atoms with Crippen molar-refractivity contribution in [1.82, 2.24) is 4.98 Å². The third-order valence-corrected chi connectivity index (χ3v) is 4.31. The molecule has 0 spiro atoms. The normalized spacial score (nSPS) is 15.2. The zero-order valence-electron chi connectivity index (χ0n) is 13.5. The van der Waals surface area contributed by atoms with Gasteiger partial charge >= 0.3 is 0 Å². The molecule has 0 atom stereocenters. The van der Waals surface area contributed by atoms with Gasteiger partial charge in [0, 0.05) is 17.9 Å². The molecule has 4 heteroatoms. The first-order valence-corrected chi connectivity index (χ1v) is 8.32. The highest BCUT2D eigenvalue weighted by atomic mass is 16.1. The van der Waals surface area contributed by atoms with Crippen molar-refractivity contribution < 1.29 is 4.79 Å². The third kappa shape index (κ3) is 4.09. The van der Waals surface area contributed by atoms with E-state index >= 15 is 0 Å². The number of aromatic nitrogens is 1. The van der Waals surface area contributed by atoms with Crippen LogP contribution >= 0.6 is 0 Å². The number of anilines is 2. The van der Waals surface area contributed by atoms with Crippen LogP contribution in [0.4, 0.5) is 11.5 Å². The second-order valence-corrected chi connectivity index (χ2v) is 6.20. The Hall–Kier alpha value is -2.36. The number of rotatable bonds is 4. The lowest BCUT2D eigenvalue weighted by molar-refractivity contribution is 0.102. The fourth-order valence-electron chi connectivity index (χ4n) is 2.98. The largest absolute Gasteiger partial charge is 0.367 e. The van der Waals surface area contributed by atoms with E-state index in [9.17, 15) is 4.79 Å². The Morgan fingerprint density at radius 1 is 1.09 bits per heavy atom. The Morgan fingerprint density at radius 3 is 2.57 bits per heavy atom. The zero-order valence-corrected chi connectivity index (χ0v) is 13.5. The van der Waals surface area contributed by atoms with Crippen molar-refractivity contribution in [2.45, 2.75) is 45.1 Å². The summed E-state index contributed by atoms with van der Waals surface area (Å²) < 4.78 is 0. The minimum atomic E-state index is -0.125. The molecule has 0 aliphatic heterocycles. The predicted octanol–water partition coefficient (Wildman–Crippen LogP) is 4.39. The first-order chi connectivity index (χ1) is 11.2. The molecule has 3 rings (SSSR count). The topological polar surface area (TPSA) is 54.0 Å². The van der Waals surface area contributed by atoms with Crippen LogP contribution in [0.5, 0.6) is 0 Å². The van der Waals surface area contributed by atoms with Gasteiger partial charge in [-0.3, -0.25) is 4.79 Å². The molecule has 0 unspecified atom stereocenters. The van der Waals surface area contributed by atoms with E-state index in [4.69, 9.17) is 0 Å². The van der Waals surface area contributed by atoms with E-state index in [0.717, 1.165) is 18.5 Å². The van der Waals surface area contributed by atoms with Crippen molar-refractivity contribution in [3.05, 3.63) is 53.7 Å². The summed E-state index contributed by atoms with van der Waals surface area (Å²) in [6.45, 7) is 2.03. The molecule has 4 nitrogen and oxygen atoms in total. The Morgan fingerprint density at radius 2 is 1.83 bits per heavy atom. The van der Waals surface area contributed by atoms with Gasteiger partial charge in [-0.1, -0.05) is 37.0 Å². The maximum absolute atomic E-state index is 12.6. The number of aryl methyl sites for hydroxylation is 1. The molecule has 0 saturated heterocycles. The molecule has 1 heterocycles. The van der Waals surface area contributed by atoms with Gasteiger partial charge < -0.3 is 10.6 Å². The lowest BCUT2D eigenvalue weighted by Crippen LogP contribution is -2.25. The van der Waals surface area contributed by atoms with Crippen molar-refractivity contribution in [2.24, 2.45) is 0 Å². The lowest BCUT2D eigenvalue weighted by Gasteiger charge is -2.24. The van der Waals surface area contributed by atoms with E-state index in [1.807, 2.05) is 37.3 Å². The minimum Gasteiger partial charge on any atom is -0.367 e. The zero-order chi connectivity index (χ0) is 16.1. The van der Waals surface area contributed by atoms with Crippen LogP contribution in [0, 0.1) is 6.92 Å². The number of amides is 1. The summed E-state index contributed by atoms with van der Waals surface area (Å²) in [5.74, 6) is 0.560. The lowest BCUT2D eigenvalue weighted by atomic mass is 9.95. The second-order valence-electron chi connectivity index (χ2n) is 6.20. The van der Waals surface area contributed by atoms with Gasteiger partial charge in [-0.05, 0) is 44.0 Å². The van der Waals surface area contributed by atoms with Crippen LogP contribution in [0.15, 0.2) is 42.6 Å². The molecule has 2 aromatic rings. The molecule has 23 heavy (non-hydrogen) atoms. The summed E-state index contributed by atoms with van der Waals surface area (Å²) in [7, 11) is 0. The van der Waals surface area contributed by atoms with Crippen LogP contribution in [0.25, 0.3) is 0 Å². The molecular formula is C19H23N3O. The number of nitrogens with one attached hydrogen (secondary N) is 2. The molecule has 1 aliphatic carbocycles. The van der Waals surface area contributed by atoms with Gasteiger partial charge in [-0.15, -0.1) is 0 Å². The van der Waals surface area contributed by atoms with Crippen LogP contribution in [-0.2, 0) is 0 Å². The molecular weight excluding hydrogens is 286 g/mol. The van der Waals surface area contributed by atoms with E-state index in [1.54, 1.807) is 12.3 Å². The highest BCUT2D eigenvalue weighted by molar-refractivity contribution is 6.07. The summed E-state index contributed by atoms with van der Waals surface area (Å²) in [5.41, 5.74) is 2.57. The van der Waals surface area contributed by atoms with Crippen molar-refractivity contribution in [1.29, 1.82) is 0 Å². The van der Waals surface area contributed by atoms with Gasteiger partial charge in [-0.2, -0.15) is 0 Å². The molecule has 1 amide bonds. The summed E-state index contributed by atoms with van der Waals surface area (Å²) in [6, 6.07) is 11.8. The summed E-state index contributed by atoms with van der Waals surface area (Å²) in [5, 5.41) is 6.40. The van der Waals surface area contributed by atoms with E-state index in [2.05, 4.69) is 15.6 Å². The summed E-state index contributed by atoms with van der Waals surface area (Å²) in [6.07, 6.45) is 7.82. The second kappa shape index (κ2) is 7.27. The van der Waals surface area contributed by atoms with E-state index in [1.165, 1.54) is 24.8 Å². The molecule has 1 aromatic heterocycles. The number of carbonyl (C=O) groups is 1. The van der Waals surface area contributed by atoms with Crippen molar-refractivity contribution in [3.8, 4) is 0 Å². The quantitative estimate of drug-likeness (QED) is 0.881. The Bertz CT molecular complexity index is 661. The monoisotopic (exact) mass is 309 g/mol. The molecule has 0 radical (unpaired) electrons. The first kappa shape index (κ1) is 15.5. The molecule has 120 valence electrons. The van der Waals surface area contributed by atoms with Gasteiger partial charge in [0.25, 0.3) is 5.91 Å². The SMILES string of the molecule is Cc1ccc(NC(=O)c2cccnc2NC2CCCCC2)cc1. The Labute approximate surface area is 137 Å². The number of hydrogen-bond donors (Lipinski definition) is 2. The van der Waals surface area contributed by atoms with E-state index < -0.39 is 0 Å². The van der Waals surface area contributed by atoms with Gasteiger partial charge in [0.05, 0.1) is 5.56 Å². The van der Waals surface area contributed by atoms with Crippen molar-refractivity contribution >= 4 is 17.4 Å². The molecule has 2 N–H and O–H groups in total. The van der Waals surface area contributed by atoms with E-state index in [-0.39, 0.29) is 5.91 Å². The first-order valence-electron chi connectivity index (χ1n) is 8.32. The van der Waals surface area contributed by atoms with Crippen molar-refractivity contribution in [2.75, 3.05) is 10.6 Å². The maximum Gasteiger partial charge on any atom is 0.259 e. The van der Waals surface area contributed by atoms with Crippen LogP contribution in [0.2, 0.25) is 0 Å². The average molecular weight is 309 g/mol. The van der Waals surface area contributed by atoms with Crippen LogP contribution in [-0.4, -0.2) is 16.9 Å². The average Bonchev–Trinajstić information content (AvgIpc) is 2.58. The van der Waals surface area contributed by atoms with Gasteiger partial charge in [0.2, 0.25) is 0 Å². The smallest absolute Gasteiger partial charge is 0.259 e.